The van der Waals surface area contributed by atoms with E-state index in [1.807, 2.05) is 0 Å². The van der Waals surface area contributed by atoms with Crippen LogP contribution >= 0.6 is 0 Å². The molecule has 2 heteroatoms. The van der Waals surface area contributed by atoms with Crippen LogP contribution in [0.15, 0.2) is 0 Å². The second kappa shape index (κ2) is 8.08. The standard InChI is InChI=1S/C14H30N2/c1-4-9-14(12-15-13(2)3)16-10-7-5-6-8-11-16/h13-15H,4-12H2,1-3H3. The fourth-order valence-corrected chi connectivity index (χ4v) is 2.58. The predicted molar refractivity (Wildman–Crippen MR) is 71.9 cm³/mol. The molecule has 16 heavy (non-hydrogen) atoms. The molecule has 1 atom stereocenters. The fourth-order valence-electron chi connectivity index (χ4n) is 2.58. The predicted octanol–water partition coefficient (Wildman–Crippen LogP) is 3.03. The topological polar surface area (TPSA) is 15.3 Å². The van der Waals surface area contributed by atoms with E-state index in [0.29, 0.717) is 6.04 Å². The van der Waals surface area contributed by atoms with Gasteiger partial charge < -0.3 is 5.32 Å². The van der Waals surface area contributed by atoms with E-state index < -0.39 is 0 Å². The largest absolute Gasteiger partial charge is 0.313 e. The molecule has 0 aliphatic carbocycles. The molecule has 2 nitrogen and oxygen atoms in total. The molecule has 1 saturated heterocycles. The summed E-state index contributed by atoms with van der Waals surface area (Å²) in [6.07, 6.45) is 8.34. The lowest BCUT2D eigenvalue weighted by Crippen LogP contribution is -2.44. The highest BCUT2D eigenvalue weighted by molar-refractivity contribution is 4.76. The summed E-state index contributed by atoms with van der Waals surface area (Å²) in [4.78, 5) is 2.73. The van der Waals surface area contributed by atoms with Gasteiger partial charge in [-0.05, 0) is 32.4 Å². The molecule has 96 valence electrons. The van der Waals surface area contributed by atoms with Gasteiger partial charge in [-0.15, -0.1) is 0 Å². The lowest BCUT2D eigenvalue weighted by atomic mass is 10.1. The van der Waals surface area contributed by atoms with Gasteiger partial charge in [0.2, 0.25) is 0 Å². The van der Waals surface area contributed by atoms with Gasteiger partial charge in [0.1, 0.15) is 0 Å². The third-order valence-electron chi connectivity index (χ3n) is 3.54. The molecule has 1 N–H and O–H groups in total. The van der Waals surface area contributed by atoms with E-state index in [-0.39, 0.29) is 0 Å². The molecule has 0 amide bonds. The first-order valence-corrected chi connectivity index (χ1v) is 7.21. The van der Waals surface area contributed by atoms with Crippen molar-refractivity contribution >= 4 is 0 Å². The molecular formula is C14H30N2. The second-order valence-electron chi connectivity index (χ2n) is 5.46. The molecule has 0 aromatic carbocycles. The smallest absolute Gasteiger partial charge is 0.0220 e. The van der Waals surface area contributed by atoms with Gasteiger partial charge in [0.25, 0.3) is 0 Å². The molecule has 1 heterocycles. The van der Waals surface area contributed by atoms with Crippen LogP contribution in [0.1, 0.15) is 59.3 Å². The number of hydrogen-bond donors (Lipinski definition) is 1. The van der Waals surface area contributed by atoms with Gasteiger partial charge in [-0.3, -0.25) is 4.90 Å². The van der Waals surface area contributed by atoms with E-state index in [1.165, 1.54) is 58.2 Å². The lowest BCUT2D eigenvalue weighted by molar-refractivity contribution is 0.185. The quantitative estimate of drug-likeness (QED) is 0.749. The Kier molecular flexibility index (Phi) is 7.06. The Bertz CT molecular complexity index is 160. The van der Waals surface area contributed by atoms with E-state index in [4.69, 9.17) is 0 Å². The molecule has 1 unspecified atom stereocenters. The minimum Gasteiger partial charge on any atom is -0.313 e. The van der Waals surface area contributed by atoms with E-state index in [2.05, 4.69) is 31.0 Å². The number of nitrogens with one attached hydrogen (secondary N) is 1. The third-order valence-corrected chi connectivity index (χ3v) is 3.54. The highest BCUT2D eigenvalue weighted by atomic mass is 15.2. The molecule has 1 fully saturated rings. The van der Waals surface area contributed by atoms with Crippen LogP contribution in [0.5, 0.6) is 0 Å². The van der Waals surface area contributed by atoms with Crippen molar-refractivity contribution in [3.8, 4) is 0 Å². The molecular weight excluding hydrogens is 196 g/mol. The van der Waals surface area contributed by atoms with E-state index in [0.717, 1.165) is 6.04 Å². The number of rotatable bonds is 6. The van der Waals surface area contributed by atoms with Crippen LogP contribution in [0.25, 0.3) is 0 Å². The summed E-state index contributed by atoms with van der Waals surface area (Å²) in [5, 5.41) is 3.61. The first-order valence-electron chi connectivity index (χ1n) is 7.21. The Labute approximate surface area is 102 Å². The summed E-state index contributed by atoms with van der Waals surface area (Å²) in [6, 6.07) is 1.39. The SMILES string of the molecule is CCCC(CNC(C)C)N1CCCCCC1. The van der Waals surface area contributed by atoms with Crippen molar-refractivity contribution in [2.45, 2.75) is 71.4 Å². The summed E-state index contributed by atoms with van der Waals surface area (Å²) >= 11 is 0. The number of hydrogen-bond acceptors (Lipinski definition) is 2. The van der Waals surface area contributed by atoms with Crippen molar-refractivity contribution in [3.05, 3.63) is 0 Å². The Morgan fingerprint density at radius 3 is 2.19 bits per heavy atom. The van der Waals surface area contributed by atoms with Crippen molar-refractivity contribution in [2.24, 2.45) is 0 Å². The van der Waals surface area contributed by atoms with Gasteiger partial charge in [-0.1, -0.05) is 40.0 Å². The van der Waals surface area contributed by atoms with Crippen LogP contribution in [-0.4, -0.2) is 36.6 Å². The van der Waals surface area contributed by atoms with Crippen LogP contribution in [0.4, 0.5) is 0 Å². The van der Waals surface area contributed by atoms with Gasteiger partial charge in [-0.25, -0.2) is 0 Å². The van der Waals surface area contributed by atoms with Gasteiger partial charge in [0.05, 0.1) is 0 Å². The Morgan fingerprint density at radius 1 is 1.06 bits per heavy atom. The number of likely N-dealkylation sites (tertiary alicyclic amines) is 1. The molecule has 0 aromatic heterocycles. The average molecular weight is 226 g/mol. The van der Waals surface area contributed by atoms with Crippen LogP contribution in [0.2, 0.25) is 0 Å². The van der Waals surface area contributed by atoms with Crippen molar-refractivity contribution in [1.82, 2.24) is 10.2 Å². The maximum absolute atomic E-state index is 3.61. The maximum Gasteiger partial charge on any atom is 0.0220 e. The van der Waals surface area contributed by atoms with Gasteiger partial charge in [0.15, 0.2) is 0 Å². The number of nitrogens with zero attached hydrogens (tertiary/aromatic N) is 1. The summed E-state index contributed by atoms with van der Waals surface area (Å²) < 4.78 is 0. The second-order valence-corrected chi connectivity index (χ2v) is 5.46. The van der Waals surface area contributed by atoms with Gasteiger partial charge in [-0.2, -0.15) is 0 Å². The minimum absolute atomic E-state index is 0.617. The van der Waals surface area contributed by atoms with Crippen LogP contribution in [-0.2, 0) is 0 Å². The highest BCUT2D eigenvalue weighted by Gasteiger charge is 2.18. The normalized spacial score (nSPS) is 21.0. The minimum atomic E-state index is 0.617. The van der Waals surface area contributed by atoms with E-state index in [9.17, 15) is 0 Å². The molecule has 0 spiro atoms. The summed E-state index contributed by atoms with van der Waals surface area (Å²) in [5.74, 6) is 0. The summed E-state index contributed by atoms with van der Waals surface area (Å²) in [7, 11) is 0. The van der Waals surface area contributed by atoms with Crippen LogP contribution < -0.4 is 5.32 Å². The summed E-state index contributed by atoms with van der Waals surface area (Å²) in [5.41, 5.74) is 0. The Hall–Kier alpha value is -0.0800. The molecule has 1 aliphatic heterocycles. The molecule has 0 aromatic rings. The Morgan fingerprint density at radius 2 is 1.69 bits per heavy atom. The maximum atomic E-state index is 3.61. The van der Waals surface area contributed by atoms with Crippen molar-refractivity contribution in [2.75, 3.05) is 19.6 Å². The van der Waals surface area contributed by atoms with Crippen LogP contribution in [0, 0.1) is 0 Å². The fraction of sp³-hybridized carbons (Fsp3) is 1.00. The lowest BCUT2D eigenvalue weighted by Gasteiger charge is -2.31. The van der Waals surface area contributed by atoms with Crippen LogP contribution in [0.3, 0.4) is 0 Å². The average Bonchev–Trinajstić information content (AvgIpc) is 2.52. The van der Waals surface area contributed by atoms with E-state index >= 15 is 0 Å². The molecule has 0 bridgehead atoms. The summed E-state index contributed by atoms with van der Waals surface area (Å²) in [6.45, 7) is 10.6. The van der Waals surface area contributed by atoms with Gasteiger partial charge in [0, 0.05) is 18.6 Å². The van der Waals surface area contributed by atoms with Crippen molar-refractivity contribution in [3.63, 3.8) is 0 Å². The molecule has 1 rings (SSSR count). The Balaban J connectivity index is 2.39. The zero-order valence-corrected chi connectivity index (χ0v) is 11.5. The first kappa shape index (κ1) is 14.0. The molecule has 0 saturated carbocycles. The zero-order valence-electron chi connectivity index (χ0n) is 11.5. The molecule has 1 aliphatic rings. The highest BCUT2D eigenvalue weighted by Crippen LogP contribution is 2.15. The van der Waals surface area contributed by atoms with Crippen molar-refractivity contribution in [1.29, 1.82) is 0 Å². The zero-order chi connectivity index (χ0) is 11.8. The third kappa shape index (κ3) is 5.31. The monoisotopic (exact) mass is 226 g/mol. The first-order chi connectivity index (χ1) is 7.74. The van der Waals surface area contributed by atoms with Gasteiger partial charge >= 0.3 is 0 Å². The van der Waals surface area contributed by atoms with E-state index in [1.54, 1.807) is 0 Å². The van der Waals surface area contributed by atoms with Crippen molar-refractivity contribution < 1.29 is 0 Å². The molecule has 0 radical (unpaired) electrons.